The first-order valence-electron chi connectivity index (χ1n) is 11.7. The monoisotopic (exact) mass is 577 g/mol. The van der Waals surface area contributed by atoms with E-state index in [0.717, 1.165) is 18.5 Å². The van der Waals surface area contributed by atoms with Crippen LogP contribution < -0.4 is 4.72 Å². The predicted molar refractivity (Wildman–Crippen MR) is 152 cm³/mol. The van der Waals surface area contributed by atoms with E-state index in [1.54, 1.807) is 24.3 Å². The summed E-state index contributed by atoms with van der Waals surface area (Å²) in [5.41, 5.74) is 3.31. The normalized spacial score (nSPS) is 11.9. The topological polar surface area (TPSA) is 82.5 Å². The number of hydrogen-bond donors (Lipinski definition) is 2. The third kappa shape index (κ3) is 5.81. The number of phenolic OH excluding ortho intramolecular Hbond substituents is 1. The third-order valence-electron chi connectivity index (χ3n) is 6.13. The molecule has 0 bridgehead atoms. The van der Waals surface area contributed by atoms with Crippen molar-refractivity contribution in [3.8, 4) is 16.9 Å². The second-order valence-corrected chi connectivity index (χ2v) is 11.5. The zero-order valence-electron chi connectivity index (χ0n) is 20.5. The van der Waals surface area contributed by atoms with Gasteiger partial charge in [-0.05, 0) is 74.1 Å². The molecule has 0 aliphatic rings. The van der Waals surface area contributed by atoms with Crippen LogP contribution in [0.5, 0.6) is 5.75 Å². The van der Waals surface area contributed by atoms with Crippen LogP contribution in [0.15, 0.2) is 59.5 Å². The van der Waals surface area contributed by atoms with Gasteiger partial charge in [0.15, 0.2) is 0 Å². The summed E-state index contributed by atoms with van der Waals surface area (Å²) in [6.45, 7) is 7.95. The first kappa shape index (κ1) is 27.5. The first-order chi connectivity index (χ1) is 17.5. The Morgan fingerprint density at radius 3 is 2.41 bits per heavy atom. The molecule has 1 heterocycles. The Morgan fingerprint density at radius 2 is 1.70 bits per heavy atom. The fraction of sp³-hybridized carbons (Fsp3) is 0.222. The number of nitrogens with zero attached hydrogens (tertiary/aromatic N) is 2. The van der Waals surface area contributed by atoms with Crippen LogP contribution in [-0.4, -0.2) is 36.5 Å². The number of halogens is 3. The average Bonchev–Trinajstić information content (AvgIpc) is 2.83. The lowest BCUT2D eigenvalue weighted by atomic mass is 10.00. The van der Waals surface area contributed by atoms with Crippen LogP contribution in [0.2, 0.25) is 15.1 Å². The molecule has 194 valence electrons. The van der Waals surface area contributed by atoms with Crippen LogP contribution in [-0.2, 0) is 16.6 Å². The molecule has 0 saturated carbocycles. The molecule has 0 fully saturated rings. The van der Waals surface area contributed by atoms with E-state index in [-0.39, 0.29) is 15.7 Å². The van der Waals surface area contributed by atoms with E-state index in [2.05, 4.69) is 14.6 Å². The van der Waals surface area contributed by atoms with Crippen molar-refractivity contribution in [2.75, 3.05) is 17.8 Å². The maximum Gasteiger partial charge on any atom is 0.263 e. The molecule has 37 heavy (non-hydrogen) atoms. The molecule has 4 rings (SSSR count). The van der Waals surface area contributed by atoms with Crippen LogP contribution >= 0.6 is 34.8 Å². The van der Waals surface area contributed by atoms with Crippen molar-refractivity contribution in [2.45, 2.75) is 32.2 Å². The molecule has 6 nitrogen and oxygen atoms in total. The van der Waals surface area contributed by atoms with Crippen molar-refractivity contribution < 1.29 is 13.5 Å². The minimum absolute atomic E-state index is 0.0102. The summed E-state index contributed by atoms with van der Waals surface area (Å²) in [6.07, 6.45) is 0. The highest BCUT2D eigenvalue weighted by atomic mass is 35.5. The highest BCUT2D eigenvalue weighted by Gasteiger charge is 2.24. The maximum absolute atomic E-state index is 13.5. The number of fused-ring (bicyclic) bond motifs is 1. The van der Waals surface area contributed by atoms with E-state index in [9.17, 15) is 13.5 Å². The van der Waals surface area contributed by atoms with Crippen LogP contribution in [0.25, 0.3) is 22.0 Å². The molecule has 0 aliphatic carbocycles. The van der Waals surface area contributed by atoms with E-state index < -0.39 is 10.0 Å². The van der Waals surface area contributed by atoms with Gasteiger partial charge in [0.2, 0.25) is 0 Å². The van der Waals surface area contributed by atoms with E-state index in [0.29, 0.717) is 50.2 Å². The van der Waals surface area contributed by atoms with Crippen LogP contribution in [0.1, 0.15) is 25.1 Å². The number of hydrogen-bond acceptors (Lipinski definition) is 5. The molecule has 0 spiro atoms. The standard InChI is InChI=1S/C27H26Cl3N3O3S/c1-4-33(5-2)15-17-13-19(7-10-24(17)34)32-37(35,36)25-11-9-22(29)26(27(25)30)21-12-16(3)31-23-14-18(28)6-8-20(21)23/h6-14,32,34H,4-5,15H2,1-3H3. The predicted octanol–water partition coefficient (Wildman–Crippen LogP) is 7.52. The van der Waals surface area contributed by atoms with Gasteiger partial charge in [-0.2, -0.15) is 0 Å². The minimum Gasteiger partial charge on any atom is -0.508 e. The van der Waals surface area contributed by atoms with Crippen molar-refractivity contribution >= 4 is 61.4 Å². The van der Waals surface area contributed by atoms with Gasteiger partial charge in [0.1, 0.15) is 10.6 Å². The average molecular weight is 579 g/mol. The molecule has 4 aromatic rings. The Morgan fingerprint density at radius 1 is 0.973 bits per heavy atom. The quantitative estimate of drug-likeness (QED) is 0.211. The number of rotatable bonds is 8. The van der Waals surface area contributed by atoms with Crippen molar-refractivity contribution in [3.05, 3.63) is 80.9 Å². The lowest BCUT2D eigenvalue weighted by Gasteiger charge is -2.19. The largest absolute Gasteiger partial charge is 0.508 e. The summed E-state index contributed by atoms with van der Waals surface area (Å²) in [5.74, 6) is 0.0988. The number of anilines is 1. The van der Waals surface area contributed by atoms with Gasteiger partial charge >= 0.3 is 0 Å². The van der Waals surface area contributed by atoms with Gasteiger partial charge < -0.3 is 5.11 Å². The summed E-state index contributed by atoms with van der Waals surface area (Å²) in [5, 5.41) is 11.9. The molecular formula is C27H26Cl3N3O3S. The zero-order valence-corrected chi connectivity index (χ0v) is 23.6. The van der Waals surface area contributed by atoms with Crippen molar-refractivity contribution in [2.24, 2.45) is 0 Å². The molecule has 10 heteroatoms. The van der Waals surface area contributed by atoms with Gasteiger partial charge in [-0.15, -0.1) is 0 Å². The molecular weight excluding hydrogens is 553 g/mol. The summed E-state index contributed by atoms with van der Waals surface area (Å²) in [6, 6.07) is 14.6. The fourth-order valence-electron chi connectivity index (χ4n) is 4.20. The molecule has 0 saturated heterocycles. The van der Waals surface area contributed by atoms with Crippen LogP contribution in [0, 0.1) is 6.92 Å². The van der Waals surface area contributed by atoms with Gasteiger partial charge in [-0.1, -0.05) is 54.7 Å². The molecule has 1 aromatic heterocycles. The molecule has 0 aliphatic heterocycles. The SMILES string of the molecule is CCN(CC)Cc1cc(NS(=O)(=O)c2ccc(Cl)c(-c3cc(C)nc4cc(Cl)ccc34)c2Cl)ccc1O. The molecule has 0 atom stereocenters. The molecule has 0 unspecified atom stereocenters. The Hall–Kier alpha value is -2.55. The van der Waals surface area contributed by atoms with Gasteiger partial charge in [-0.3, -0.25) is 14.6 Å². The Balaban J connectivity index is 1.78. The lowest BCUT2D eigenvalue weighted by Crippen LogP contribution is -2.22. The number of pyridine rings is 1. The molecule has 0 radical (unpaired) electrons. The number of phenols is 1. The minimum atomic E-state index is -4.10. The highest BCUT2D eigenvalue weighted by molar-refractivity contribution is 7.92. The Kier molecular flexibility index (Phi) is 8.21. The summed E-state index contributed by atoms with van der Waals surface area (Å²) in [4.78, 5) is 6.53. The lowest BCUT2D eigenvalue weighted by molar-refractivity contribution is 0.291. The van der Waals surface area contributed by atoms with Gasteiger partial charge in [0.25, 0.3) is 10.0 Å². The number of sulfonamides is 1. The molecule has 3 aromatic carbocycles. The number of nitrogens with one attached hydrogen (secondary N) is 1. The number of aromatic nitrogens is 1. The van der Waals surface area contributed by atoms with Gasteiger partial charge in [0.05, 0.1) is 15.6 Å². The summed E-state index contributed by atoms with van der Waals surface area (Å²) >= 11 is 19.5. The Bertz CT molecular complexity index is 1580. The smallest absolute Gasteiger partial charge is 0.263 e. The summed E-state index contributed by atoms with van der Waals surface area (Å²) in [7, 11) is -4.10. The van der Waals surface area contributed by atoms with Crippen molar-refractivity contribution in [1.29, 1.82) is 0 Å². The third-order valence-corrected chi connectivity index (χ3v) is 8.61. The van der Waals surface area contributed by atoms with Gasteiger partial charge in [0, 0.05) is 39.5 Å². The van der Waals surface area contributed by atoms with E-state index in [4.69, 9.17) is 34.8 Å². The molecule has 2 N–H and O–H groups in total. The van der Waals surface area contributed by atoms with E-state index in [1.165, 1.54) is 24.3 Å². The van der Waals surface area contributed by atoms with Crippen molar-refractivity contribution in [1.82, 2.24) is 9.88 Å². The van der Waals surface area contributed by atoms with Crippen LogP contribution in [0.3, 0.4) is 0 Å². The number of benzene rings is 3. The van der Waals surface area contributed by atoms with E-state index in [1.807, 2.05) is 26.8 Å². The fourth-order valence-corrected chi connectivity index (χ4v) is 6.38. The van der Waals surface area contributed by atoms with Gasteiger partial charge in [-0.25, -0.2) is 8.42 Å². The first-order valence-corrected chi connectivity index (χ1v) is 14.3. The highest BCUT2D eigenvalue weighted by Crippen LogP contribution is 2.42. The second-order valence-electron chi connectivity index (χ2n) is 8.62. The van der Waals surface area contributed by atoms with Crippen molar-refractivity contribution in [3.63, 3.8) is 0 Å². The second kappa shape index (κ2) is 11.1. The summed E-state index contributed by atoms with van der Waals surface area (Å²) < 4.78 is 29.6. The number of aromatic hydroxyl groups is 1. The zero-order chi connectivity index (χ0) is 26.9. The Labute approximate surface area is 231 Å². The maximum atomic E-state index is 13.5. The number of aryl methyl sites for hydroxylation is 1. The van der Waals surface area contributed by atoms with E-state index >= 15 is 0 Å². The molecule has 0 amide bonds. The van der Waals surface area contributed by atoms with Crippen LogP contribution in [0.4, 0.5) is 5.69 Å².